The average Bonchev–Trinajstić information content (AvgIpc) is 3.45. The Hall–Kier alpha value is -5.55. The zero-order valence-corrected chi connectivity index (χ0v) is 25.7. The number of aromatic nitrogens is 4. The molecule has 0 atom stereocenters. The number of hydrogen-bond donors (Lipinski definition) is 0. The number of hydrogen-bond acceptors (Lipinski definition) is 3. The van der Waals surface area contributed by atoms with Gasteiger partial charge in [0, 0.05) is 36.2 Å². The van der Waals surface area contributed by atoms with Gasteiger partial charge in [-0.3, -0.25) is 9.13 Å². The normalized spacial score (nSPS) is 13.2. The Morgan fingerprint density at radius 2 is 1.09 bits per heavy atom. The van der Waals surface area contributed by atoms with Crippen LogP contribution in [0.25, 0.3) is 67.2 Å². The van der Waals surface area contributed by atoms with Crippen molar-refractivity contribution in [3.05, 3.63) is 143 Å². The fraction of sp³-hybridized carbons (Fsp3) is 0.125. The second kappa shape index (κ2) is 10.00. The molecular weight excluding hydrogens is 552 g/mol. The first-order chi connectivity index (χ1) is 21.8. The topological polar surface area (TPSA) is 52.7 Å². The van der Waals surface area contributed by atoms with E-state index >= 15 is 0 Å². The molecule has 1 aliphatic rings. The maximum Gasteiger partial charge on any atom is 0.328 e. The minimum atomic E-state index is -0.104. The summed E-state index contributed by atoms with van der Waals surface area (Å²) in [5, 5.41) is 0. The van der Waals surface area contributed by atoms with Crippen LogP contribution >= 0.6 is 0 Å². The van der Waals surface area contributed by atoms with Gasteiger partial charge in [-0.25, -0.2) is 14.8 Å². The van der Waals surface area contributed by atoms with Crippen molar-refractivity contribution >= 4 is 11.0 Å². The molecule has 218 valence electrons. The van der Waals surface area contributed by atoms with E-state index in [-0.39, 0.29) is 11.1 Å². The highest BCUT2D eigenvalue weighted by molar-refractivity contribution is 5.85. The van der Waals surface area contributed by atoms with Crippen LogP contribution < -0.4 is 5.69 Å². The van der Waals surface area contributed by atoms with Gasteiger partial charge in [-0.1, -0.05) is 111 Å². The maximum absolute atomic E-state index is 12.5. The molecule has 2 heterocycles. The number of benzene rings is 5. The molecule has 8 rings (SSSR count). The minimum absolute atomic E-state index is 0.0252. The SMILES string of the molecule is Cn1c(=O)n(C)c2cc(-c3ccc(-c4cc(-c5ccccc5)nc(-c5ccc6c(c5)C(C)(C)c5ccccc5-6)n4)cc3)ccc21. The molecule has 0 amide bonds. The Labute approximate surface area is 262 Å². The second-order valence-electron chi connectivity index (χ2n) is 12.4. The summed E-state index contributed by atoms with van der Waals surface area (Å²) in [6.07, 6.45) is 0. The Morgan fingerprint density at radius 3 is 1.84 bits per heavy atom. The molecule has 0 bridgehead atoms. The number of aryl methyl sites for hydroxylation is 2. The van der Waals surface area contributed by atoms with Gasteiger partial charge in [-0.2, -0.15) is 0 Å². The molecule has 0 saturated heterocycles. The van der Waals surface area contributed by atoms with Crippen LogP contribution in [0.15, 0.2) is 126 Å². The first-order valence-corrected chi connectivity index (χ1v) is 15.3. The fourth-order valence-electron chi connectivity index (χ4n) is 6.84. The highest BCUT2D eigenvalue weighted by Gasteiger charge is 2.35. The van der Waals surface area contributed by atoms with Crippen LogP contribution in [-0.2, 0) is 19.5 Å². The van der Waals surface area contributed by atoms with Crippen LogP contribution in [0, 0.1) is 0 Å². The van der Waals surface area contributed by atoms with E-state index in [0.29, 0.717) is 5.82 Å². The lowest BCUT2D eigenvalue weighted by Gasteiger charge is -2.21. The lowest BCUT2D eigenvalue weighted by Crippen LogP contribution is -2.19. The smallest absolute Gasteiger partial charge is 0.295 e. The van der Waals surface area contributed by atoms with Crippen LogP contribution in [0.5, 0.6) is 0 Å². The van der Waals surface area contributed by atoms with Gasteiger partial charge in [-0.05, 0) is 57.6 Å². The summed E-state index contributed by atoms with van der Waals surface area (Å²) in [4.78, 5) is 22.7. The molecule has 0 unspecified atom stereocenters. The lowest BCUT2D eigenvalue weighted by atomic mass is 9.82. The molecule has 5 heteroatoms. The summed E-state index contributed by atoms with van der Waals surface area (Å²) < 4.78 is 3.37. The first-order valence-electron chi connectivity index (χ1n) is 15.3. The van der Waals surface area contributed by atoms with Crippen LogP contribution in [0.4, 0.5) is 0 Å². The minimum Gasteiger partial charge on any atom is -0.295 e. The van der Waals surface area contributed by atoms with Crippen molar-refractivity contribution in [2.45, 2.75) is 19.3 Å². The number of nitrogens with zero attached hydrogens (tertiary/aromatic N) is 4. The van der Waals surface area contributed by atoms with Crippen molar-refractivity contribution in [2.24, 2.45) is 14.1 Å². The molecule has 0 radical (unpaired) electrons. The third-order valence-corrected chi connectivity index (χ3v) is 9.42. The Bertz CT molecular complexity index is 2330. The number of rotatable bonds is 4. The number of fused-ring (bicyclic) bond motifs is 4. The molecule has 1 aliphatic carbocycles. The summed E-state index contributed by atoms with van der Waals surface area (Å²) in [6, 6.07) is 42.4. The van der Waals surface area contributed by atoms with Crippen molar-refractivity contribution in [3.8, 4) is 56.2 Å². The van der Waals surface area contributed by atoms with Crippen molar-refractivity contribution in [1.82, 2.24) is 19.1 Å². The molecule has 5 aromatic carbocycles. The number of imidazole rings is 1. The largest absolute Gasteiger partial charge is 0.328 e. The predicted octanol–water partition coefficient (Wildman–Crippen LogP) is 8.64. The van der Waals surface area contributed by atoms with Gasteiger partial charge >= 0.3 is 5.69 Å². The molecule has 0 fully saturated rings. The Morgan fingerprint density at radius 1 is 0.511 bits per heavy atom. The van der Waals surface area contributed by atoms with Crippen molar-refractivity contribution < 1.29 is 0 Å². The molecule has 45 heavy (non-hydrogen) atoms. The fourth-order valence-corrected chi connectivity index (χ4v) is 6.84. The predicted molar refractivity (Wildman–Crippen MR) is 183 cm³/mol. The van der Waals surface area contributed by atoms with Gasteiger partial charge in [0.05, 0.1) is 22.4 Å². The van der Waals surface area contributed by atoms with Gasteiger partial charge in [0.15, 0.2) is 5.82 Å². The third-order valence-electron chi connectivity index (χ3n) is 9.42. The van der Waals surface area contributed by atoms with Crippen LogP contribution in [0.3, 0.4) is 0 Å². The lowest BCUT2D eigenvalue weighted by molar-refractivity contribution is 0.660. The van der Waals surface area contributed by atoms with Crippen molar-refractivity contribution in [2.75, 3.05) is 0 Å². The first kappa shape index (κ1) is 27.0. The van der Waals surface area contributed by atoms with E-state index in [0.717, 1.165) is 50.2 Å². The summed E-state index contributed by atoms with van der Waals surface area (Å²) >= 11 is 0. The van der Waals surface area contributed by atoms with E-state index in [2.05, 4.69) is 111 Å². The summed E-state index contributed by atoms with van der Waals surface area (Å²) in [6.45, 7) is 4.59. The highest BCUT2D eigenvalue weighted by atomic mass is 16.1. The van der Waals surface area contributed by atoms with E-state index in [1.165, 1.54) is 22.3 Å². The van der Waals surface area contributed by atoms with Crippen LogP contribution in [-0.4, -0.2) is 19.1 Å². The van der Waals surface area contributed by atoms with Gasteiger partial charge in [0.25, 0.3) is 0 Å². The molecule has 0 spiro atoms. The van der Waals surface area contributed by atoms with E-state index in [1.54, 1.807) is 16.2 Å². The molecule has 0 saturated carbocycles. The quantitative estimate of drug-likeness (QED) is 0.208. The van der Waals surface area contributed by atoms with E-state index in [9.17, 15) is 4.79 Å². The zero-order valence-electron chi connectivity index (χ0n) is 25.7. The van der Waals surface area contributed by atoms with Gasteiger partial charge < -0.3 is 0 Å². The van der Waals surface area contributed by atoms with Crippen molar-refractivity contribution in [1.29, 1.82) is 0 Å². The third kappa shape index (κ3) is 4.26. The monoisotopic (exact) mass is 584 g/mol. The summed E-state index contributed by atoms with van der Waals surface area (Å²) in [5.74, 6) is 0.709. The van der Waals surface area contributed by atoms with E-state index in [4.69, 9.17) is 9.97 Å². The Kier molecular flexibility index (Phi) is 6.00. The summed E-state index contributed by atoms with van der Waals surface area (Å²) in [7, 11) is 3.62. The molecular formula is C40H32N4O. The second-order valence-corrected chi connectivity index (χ2v) is 12.4. The van der Waals surface area contributed by atoms with Gasteiger partial charge in [-0.15, -0.1) is 0 Å². The average molecular weight is 585 g/mol. The Balaban J connectivity index is 1.22. The standard InChI is InChI=1S/C40H32N4O/c1-40(2)32-13-9-8-12-30(32)31-20-18-29(22-33(31)40)38-41-34(26-10-6-5-7-11-26)24-35(42-38)27-16-14-25(15-17-27)28-19-21-36-37(23-28)44(4)39(45)43(36)3/h5-24H,1-4H3. The van der Waals surface area contributed by atoms with Gasteiger partial charge in [0.1, 0.15) is 0 Å². The molecule has 5 nitrogen and oxygen atoms in total. The van der Waals surface area contributed by atoms with Crippen LogP contribution in [0.2, 0.25) is 0 Å². The molecule has 0 N–H and O–H groups in total. The molecule has 2 aromatic heterocycles. The van der Waals surface area contributed by atoms with E-state index in [1.807, 2.05) is 31.3 Å². The highest BCUT2D eigenvalue weighted by Crippen LogP contribution is 2.49. The van der Waals surface area contributed by atoms with Crippen LogP contribution in [0.1, 0.15) is 25.0 Å². The van der Waals surface area contributed by atoms with Gasteiger partial charge in [0.2, 0.25) is 0 Å². The molecule has 7 aromatic rings. The van der Waals surface area contributed by atoms with Crippen molar-refractivity contribution in [3.63, 3.8) is 0 Å². The molecule has 0 aliphatic heterocycles. The van der Waals surface area contributed by atoms with E-state index < -0.39 is 0 Å². The summed E-state index contributed by atoms with van der Waals surface area (Å²) in [5.41, 5.74) is 13.9. The zero-order chi connectivity index (χ0) is 30.9. The maximum atomic E-state index is 12.5.